The number of esters is 1. The number of benzene rings is 1. The van der Waals surface area contributed by atoms with Gasteiger partial charge in [-0.2, -0.15) is 0 Å². The topological polar surface area (TPSA) is 59.5 Å². The van der Waals surface area contributed by atoms with E-state index in [9.17, 15) is 9.59 Å². The van der Waals surface area contributed by atoms with Crippen LogP contribution >= 0.6 is 11.3 Å². The highest BCUT2D eigenvalue weighted by Crippen LogP contribution is 2.24. The highest BCUT2D eigenvalue weighted by molar-refractivity contribution is 7.13. The third kappa shape index (κ3) is 3.59. The Hall–Kier alpha value is -2.21. The molecular weight excluding hydrogens is 312 g/mol. The third-order valence-electron chi connectivity index (χ3n) is 3.86. The van der Waals surface area contributed by atoms with Crippen molar-refractivity contribution in [1.29, 1.82) is 0 Å². The number of aromatic nitrogens is 1. The Bertz CT molecular complexity index is 699. The van der Waals surface area contributed by atoms with Gasteiger partial charge in [0.25, 0.3) is 0 Å². The molecule has 3 rings (SSSR count). The van der Waals surface area contributed by atoms with E-state index in [-0.39, 0.29) is 18.4 Å². The van der Waals surface area contributed by atoms with Gasteiger partial charge in [0.1, 0.15) is 5.01 Å². The van der Waals surface area contributed by atoms with Gasteiger partial charge in [0.2, 0.25) is 5.91 Å². The molecule has 1 amide bonds. The number of carbonyl (C=O) groups excluding carboxylic acids is 2. The van der Waals surface area contributed by atoms with E-state index in [1.165, 1.54) is 11.3 Å². The van der Waals surface area contributed by atoms with Crippen molar-refractivity contribution >= 4 is 23.2 Å². The lowest BCUT2D eigenvalue weighted by Gasteiger charge is -2.13. The SMILES string of the molecule is CCN1CC(COC(=O)c2csc(-c3ccccc3)n2)CC1=O. The number of rotatable bonds is 5. The van der Waals surface area contributed by atoms with E-state index in [4.69, 9.17) is 4.74 Å². The molecule has 0 radical (unpaired) electrons. The minimum absolute atomic E-state index is 0.0821. The molecule has 0 saturated carbocycles. The Balaban J connectivity index is 1.57. The summed E-state index contributed by atoms with van der Waals surface area (Å²) in [7, 11) is 0. The smallest absolute Gasteiger partial charge is 0.357 e. The zero-order chi connectivity index (χ0) is 16.2. The summed E-state index contributed by atoms with van der Waals surface area (Å²) in [5.74, 6) is -0.210. The normalized spacial score (nSPS) is 17.5. The van der Waals surface area contributed by atoms with Crippen molar-refractivity contribution in [3.05, 3.63) is 41.4 Å². The van der Waals surface area contributed by atoms with Crippen LogP contribution in [-0.2, 0) is 9.53 Å². The van der Waals surface area contributed by atoms with Crippen molar-refractivity contribution in [3.8, 4) is 10.6 Å². The second kappa shape index (κ2) is 6.91. The van der Waals surface area contributed by atoms with Crippen LogP contribution in [0.3, 0.4) is 0 Å². The van der Waals surface area contributed by atoms with Gasteiger partial charge in [-0.3, -0.25) is 4.79 Å². The third-order valence-corrected chi connectivity index (χ3v) is 4.75. The van der Waals surface area contributed by atoms with E-state index in [1.807, 2.05) is 37.3 Å². The predicted octanol–water partition coefficient (Wildman–Crippen LogP) is 2.84. The molecule has 1 aromatic heterocycles. The lowest BCUT2D eigenvalue weighted by atomic mass is 10.1. The molecular formula is C17H18N2O3S. The fourth-order valence-electron chi connectivity index (χ4n) is 2.62. The van der Waals surface area contributed by atoms with Gasteiger partial charge in [0, 0.05) is 36.4 Å². The molecule has 1 fully saturated rings. The summed E-state index contributed by atoms with van der Waals surface area (Å²) in [5.41, 5.74) is 1.31. The molecule has 2 aromatic rings. The van der Waals surface area contributed by atoms with Crippen LogP contribution in [-0.4, -0.2) is 41.5 Å². The Kier molecular flexibility index (Phi) is 4.71. The maximum atomic E-state index is 12.1. The van der Waals surface area contributed by atoms with Gasteiger partial charge in [-0.25, -0.2) is 9.78 Å². The number of nitrogens with zero attached hydrogens (tertiary/aromatic N) is 2. The number of hydrogen-bond donors (Lipinski definition) is 0. The fourth-order valence-corrected chi connectivity index (χ4v) is 3.41. The molecule has 0 spiro atoms. The molecule has 2 heterocycles. The molecule has 1 unspecified atom stereocenters. The zero-order valence-corrected chi connectivity index (χ0v) is 13.7. The van der Waals surface area contributed by atoms with E-state index in [1.54, 1.807) is 10.3 Å². The molecule has 120 valence electrons. The number of carbonyl (C=O) groups is 2. The van der Waals surface area contributed by atoms with Gasteiger partial charge in [0.15, 0.2) is 5.69 Å². The number of hydrogen-bond acceptors (Lipinski definition) is 5. The zero-order valence-electron chi connectivity index (χ0n) is 12.9. The van der Waals surface area contributed by atoms with Crippen molar-refractivity contribution in [1.82, 2.24) is 9.88 Å². The predicted molar refractivity (Wildman–Crippen MR) is 88.2 cm³/mol. The first-order valence-electron chi connectivity index (χ1n) is 7.63. The molecule has 1 aliphatic rings. The maximum absolute atomic E-state index is 12.1. The van der Waals surface area contributed by atoms with Gasteiger partial charge in [-0.15, -0.1) is 11.3 Å². The van der Waals surface area contributed by atoms with E-state index >= 15 is 0 Å². The van der Waals surface area contributed by atoms with Crippen molar-refractivity contribution in [3.63, 3.8) is 0 Å². The summed E-state index contributed by atoms with van der Waals surface area (Å²) in [6.07, 6.45) is 0.452. The molecule has 0 bridgehead atoms. The maximum Gasteiger partial charge on any atom is 0.357 e. The minimum Gasteiger partial charge on any atom is -0.461 e. The Morgan fingerprint density at radius 1 is 1.39 bits per heavy atom. The van der Waals surface area contributed by atoms with Gasteiger partial charge >= 0.3 is 5.97 Å². The van der Waals surface area contributed by atoms with Gasteiger partial charge in [-0.1, -0.05) is 30.3 Å². The first-order chi connectivity index (χ1) is 11.2. The average Bonchev–Trinajstić information content (AvgIpc) is 3.20. The molecule has 1 saturated heterocycles. The van der Waals surface area contributed by atoms with Gasteiger partial charge < -0.3 is 9.64 Å². The van der Waals surface area contributed by atoms with E-state index in [0.29, 0.717) is 25.2 Å². The molecule has 5 nitrogen and oxygen atoms in total. The van der Waals surface area contributed by atoms with E-state index in [0.717, 1.165) is 10.6 Å². The standard InChI is InChI=1S/C17H18N2O3S/c1-2-19-9-12(8-15(19)20)10-22-17(21)14-11-23-16(18-14)13-6-4-3-5-7-13/h3-7,11-12H,2,8-10H2,1H3. The van der Waals surface area contributed by atoms with Crippen LogP contribution in [0.2, 0.25) is 0 Å². The van der Waals surface area contributed by atoms with E-state index < -0.39 is 5.97 Å². The minimum atomic E-state index is -0.425. The molecule has 1 atom stereocenters. The van der Waals surface area contributed by atoms with Crippen LogP contribution in [0.25, 0.3) is 10.6 Å². The lowest BCUT2D eigenvalue weighted by Crippen LogP contribution is -2.25. The van der Waals surface area contributed by atoms with Crippen LogP contribution in [0.15, 0.2) is 35.7 Å². The highest BCUT2D eigenvalue weighted by Gasteiger charge is 2.29. The molecule has 0 aliphatic carbocycles. The number of amides is 1. The Morgan fingerprint density at radius 3 is 2.87 bits per heavy atom. The van der Waals surface area contributed by atoms with Crippen LogP contribution in [0.1, 0.15) is 23.8 Å². The first kappa shape index (κ1) is 15.7. The summed E-state index contributed by atoms with van der Waals surface area (Å²) in [6.45, 7) is 3.58. The number of thiazole rings is 1. The summed E-state index contributed by atoms with van der Waals surface area (Å²) in [6, 6.07) is 9.72. The van der Waals surface area contributed by atoms with Crippen LogP contribution in [0.5, 0.6) is 0 Å². The second-order valence-corrected chi connectivity index (χ2v) is 6.36. The largest absolute Gasteiger partial charge is 0.461 e. The Morgan fingerprint density at radius 2 is 2.17 bits per heavy atom. The van der Waals surface area contributed by atoms with Crippen molar-refractivity contribution < 1.29 is 14.3 Å². The summed E-state index contributed by atoms with van der Waals surface area (Å²) >= 11 is 1.42. The van der Waals surface area contributed by atoms with Gasteiger partial charge in [0.05, 0.1) is 6.61 Å². The number of ether oxygens (including phenoxy) is 1. The highest BCUT2D eigenvalue weighted by atomic mass is 32.1. The lowest BCUT2D eigenvalue weighted by molar-refractivity contribution is -0.127. The van der Waals surface area contributed by atoms with Crippen LogP contribution in [0, 0.1) is 5.92 Å². The molecule has 1 aromatic carbocycles. The molecule has 6 heteroatoms. The van der Waals surface area contributed by atoms with Crippen molar-refractivity contribution in [2.45, 2.75) is 13.3 Å². The van der Waals surface area contributed by atoms with Crippen LogP contribution in [0.4, 0.5) is 0 Å². The fraction of sp³-hybridized carbons (Fsp3) is 0.353. The monoisotopic (exact) mass is 330 g/mol. The summed E-state index contributed by atoms with van der Waals surface area (Å²) < 4.78 is 5.33. The van der Waals surface area contributed by atoms with Crippen molar-refractivity contribution in [2.75, 3.05) is 19.7 Å². The first-order valence-corrected chi connectivity index (χ1v) is 8.51. The molecule has 23 heavy (non-hydrogen) atoms. The van der Waals surface area contributed by atoms with Gasteiger partial charge in [-0.05, 0) is 6.92 Å². The summed E-state index contributed by atoms with van der Waals surface area (Å²) in [5, 5.41) is 2.51. The van der Waals surface area contributed by atoms with Crippen molar-refractivity contribution in [2.24, 2.45) is 5.92 Å². The number of likely N-dealkylation sites (tertiary alicyclic amines) is 1. The molecule has 0 N–H and O–H groups in total. The average molecular weight is 330 g/mol. The summed E-state index contributed by atoms with van der Waals surface area (Å²) in [4.78, 5) is 29.9. The van der Waals surface area contributed by atoms with E-state index in [2.05, 4.69) is 4.98 Å². The molecule has 1 aliphatic heterocycles. The Labute approximate surface area is 138 Å². The second-order valence-electron chi connectivity index (χ2n) is 5.50. The quantitative estimate of drug-likeness (QED) is 0.791. The van der Waals surface area contributed by atoms with Crippen LogP contribution < -0.4 is 0 Å².